The second kappa shape index (κ2) is 5.49. The summed E-state index contributed by atoms with van der Waals surface area (Å²) in [6.07, 6.45) is 4.68. The van der Waals surface area contributed by atoms with Crippen molar-refractivity contribution in [2.45, 2.75) is 42.6 Å². The van der Waals surface area contributed by atoms with Gasteiger partial charge >= 0.3 is 0 Å². The lowest BCUT2D eigenvalue weighted by molar-refractivity contribution is 0.0895. The van der Waals surface area contributed by atoms with E-state index in [1.165, 1.54) is 0 Å². The third kappa shape index (κ3) is 2.43. The van der Waals surface area contributed by atoms with E-state index in [1.54, 1.807) is 24.3 Å². The first-order valence-electron chi connectivity index (χ1n) is 7.13. The molecule has 2 heterocycles. The molecule has 1 aromatic rings. The highest BCUT2D eigenvalue weighted by molar-refractivity contribution is 7.86. The Bertz CT molecular complexity index is 571. The van der Waals surface area contributed by atoms with Crippen molar-refractivity contribution in [2.75, 3.05) is 0 Å². The van der Waals surface area contributed by atoms with Crippen LogP contribution in [0.2, 0.25) is 0 Å². The third-order valence-corrected chi connectivity index (χ3v) is 6.64. The number of rotatable bonds is 2. The Kier molecular flexibility index (Phi) is 3.71. The predicted octanol–water partition coefficient (Wildman–Crippen LogP) is 2.82. The van der Waals surface area contributed by atoms with E-state index in [0.717, 1.165) is 32.1 Å². The lowest BCUT2D eigenvalue weighted by atomic mass is 9.84. The van der Waals surface area contributed by atoms with Crippen LogP contribution in [0.4, 0.5) is 0 Å². The van der Waals surface area contributed by atoms with Crippen LogP contribution < -0.4 is 0 Å². The van der Waals surface area contributed by atoms with Gasteiger partial charge in [-0.1, -0.05) is 18.6 Å². The molecule has 2 atom stereocenters. The molecule has 3 rings (SSSR count). The summed E-state index contributed by atoms with van der Waals surface area (Å²) in [7, 11) is -0.730. The van der Waals surface area contributed by atoms with Crippen LogP contribution in [0.25, 0.3) is 0 Å². The number of fused-ring (bicyclic) bond motifs is 2. The molecule has 20 heavy (non-hydrogen) atoms. The first-order valence-corrected chi connectivity index (χ1v) is 8.40. The Morgan fingerprint density at radius 1 is 1.15 bits per heavy atom. The average molecular weight is 287 g/mol. The van der Waals surface area contributed by atoms with Gasteiger partial charge in [-0.2, -0.15) is 5.26 Å². The molecule has 104 valence electrons. The number of nitrogens with zero attached hydrogens (tertiary/aromatic N) is 1. The molecule has 3 nitrogen and oxygen atoms in total. The number of nitriles is 1. The molecule has 0 aliphatic carbocycles. The van der Waals surface area contributed by atoms with E-state index in [0.29, 0.717) is 11.1 Å². The quantitative estimate of drug-likeness (QED) is 0.786. The number of Topliss-reactive ketones (excluding diaryl/α,β-unsaturated/α-hetero) is 1. The molecule has 0 N–H and O–H groups in total. The predicted molar refractivity (Wildman–Crippen MR) is 77.8 cm³/mol. The van der Waals surface area contributed by atoms with Crippen LogP contribution in [0, 0.1) is 17.2 Å². The van der Waals surface area contributed by atoms with E-state index in [4.69, 9.17) is 5.26 Å². The Morgan fingerprint density at radius 3 is 2.30 bits per heavy atom. The number of ketones is 1. The van der Waals surface area contributed by atoms with E-state index < -0.39 is 10.8 Å². The average Bonchev–Trinajstić information content (AvgIpc) is 2.46. The van der Waals surface area contributed by atoms with Crippen molar-refractivity contribution in [1.29, 1.82) is 5.26 Å². The van der Waals surface area contributed by atoms with E-state index in [1.807, 2.05) is 0 Å². The molecular formula is C16H17NO2S. The second-order valence-electron chi connectivity index (χ2n) is 5.73. The van der Waals surface area contributed by atoms with E-state index in [9.17, 15) is 9.00 Å². The molecule has 2 unspecified atom stereocenters. The van der Waals surface area contributed by atoms with Gasteiger partial charge in [0.25, 0.3) is 0 Å². The minimum absolute atomic E-state index is 0.0101. The monoisotopic (exact) mass is 287 g/mol. The molecule has 0 radical (unpaired) electrons. The topological polar surface area (TPSA) is 57.9 Å². The molecule has 4 heteroatoms. The molecule has 0 saturated carbocycles. The fraction of sp³-hybridized carbons (Fsp3) is 0.500. The highest BCUT2D eigenvalue weighted by Crippen LogP contribution is 2.38. The minimum atomic E-state index is -0.730. The maximum Gasteiger partial charge on any atom is 0.166 e. The zero-order chi connectivity index (χ0) is 14.1. The summed E-state index contributed by atoms with van der Waals surface area (Å²) < 4.78 is 12.2. The number of carbonyl (C=O) groups excluding carboxylic acids is 1. The van der Waals surface area contributed by atoms with Crippen molar-refractivity contribution in [3.05, 3.63) is 35.4 Å². The second-order valence-corrected chi connectivity index (χ2v) is 7.72. The van der Waals surface area contributed by atoms with Gasteiger partial charge in [0.2, 0.25) is 0 Å². The van der Waals surface area contributed by atoms with Gasteiger partial charge in [0, 0.05) is 32.8 Å². The van der Waals surface area contributed by atoms with Crippen molar-refractivity contribution in [2.24, 2.45) is 5.92 Å². The number of benzene rings is 1. The zero-order valence-corrected chi connectivity index (χ0v) is 12.1. The van der Waals surface area contributed by atoms with Crippen molar-refractivity contribution in [3.63, 3.8) is 0 Å². The molecule has 2 bridgehead atoms. The number of hydrogen-bond donors (Lipinski definition) is 0. The molecule has 2 saturated heterocycles. The van der Waals surface area contributed by atoms with Gasteiger partial charge in [0.15, 0.2) is 5.78 Å². The Balaban J connectivity index is 1.77. The van der Waals surface area contributed by atoms with Crippen molar-refractivity contribution >= 4 is 16.6 Å². The van der Waals surface area contributed by atoms with Crippen molar-refractivity contribution < 1.29 is 9.00 Å². The SMILES string of the molecule is N#Cc1ccc(C(=O)C2CC3CCCC(C2)S3=O)cc1. The van der Waals surface area contributed by atoms with Gasteiger partial charge in [-0.25, -0.2) is 0 Å². The molecule has 0 amide bonds. The lowest BCUT2D eigenvalue weighted by Crippen LogP contribution is -2.41. The van der Waals surface area contributed by atoms with E-state index >= 15 is 0 Å². The Labute approximate surface area is 121 Å². The van der Waals surface area contributed by atoms with Crippen LogP contribution in [0.3, 0.4) is 0 Å². The summed E-state index contributed by atoms with van der Waals surface area (Å²) in [6, 6.07) is 8.92. The van der Waals surface area contributed by atoms with Crippen LogP contribution in [0.5, 0.6) is 0 Å². The normalized spacial score (nSPS) is 32.4. The lowest BCUT2D eigenvalue weighted by Gasteiger charge is -2.37. The maximum atomic E-state index is 12.6. The summed E-state index contributed by atoms with van der Waals surface area (Å²) >= 11 is 0. The summed E-state index contributed by atoms with van der Waals surface area (Å²) in [4.78, 5) is 12.6. The van der Waals surface area contributed by atoms with Crippen LogP contribution in [-0.4, -0.2) is 20.5 Å². The number of hydrogen-bond acceptors (Lipinski definition) is 3. The molecule has 2 aliphatic rings. The molecule has 0 spiro atoms. The molecule has 0 aromatic heterocycles. The van der Waals surface area contributed by atoms with Gasteiger partial charge in [-0.05, 0) is 37.8 Å². The summed E-state index contributed by atoms with van der Waals surface area (Å²) in [5.74, 6) is 0.166. The summed E-state index contributed by atoms with van der Waals surface area (Å²) in [5, 5.41) is 9.22. The molecular weight excluding hydrogens is 270 g/mol. The van der Waals surface area contributed by atoms with Crippen molar-refractivity contribution in [3.8, 4) is 6.07 Å². The van der Waals surface area contributed by atoms with Gasteiger partial charge in [-0.3, -0.25) is 9.00 Å². The summed E-state index contributed by atoms with van der Waals surface area (Å²) in [6.45, 7) is 0. The smallest absolute Gasteiger partial charge is 0.166 e. The largest absolute Gasteiger partial charge is 0.294 e. The van der Waals surface area contributed by atoms with Crippen LogP contribution in [-0.2, 0) is 10.8 Å². The molecule has 2 aliphatic heterocycles. The first kappa shape index (κ1) is 13.5. The highest BCUT2D eigenvalue weighted by atomic mass is 32.2. The molecule has 1 aromatic carbocycles. The van der Waals surface area contributed by atoms with Crippen molar-refractivity contribution in [1.82, 2.24) is 0 Å². The fourth-order valence-electron chi connectivity index (χ4n) is 3.39. The third-order valence-electron chi connectivity index (χ3n) is 4.47. The first-order chi connectivity index (χ1) is 9.69. The van der Waals surface area contributed by atoms with Crippen LogP contribution in [0.15, 0.2) is 24.3 Å². The van der Waals surface area contributed by atoms with Gasteiger partial charge in [0.1, 0.15) is 0 Å². The van der Waals surface area contributed by atoms with Crippen LogP contribution in [0.1, 0.15) is 48.0 Å². The number of carbonyl (C=O) groups is 1. The van der Waals surface area contributed by atoms with Gasteiger partial charge < -0.3 is 0 Å². The zero-order valence-electron chi connectivity index (χ0n) is 11.2. The Morgan fingerprint density at radius 2 is 1.75 bits per heavy atom. The fourth-order valence-corrected chi connectivity index (χ4v) is 5.58. The molecule has 2 fully saturated rings. The maximum absolute atomic E-state index is 12.6. The van der Waals surface area contributed by atoms with Crippen LogP contribution >= 0.6 is 0 Å². The summed E-state index contributed by atoms with van der Waals surface area (Å²) in [5.41, 5.74) is 1.25. The highest BCUT2D eigenvalue weighted by Gasteiger charge is 2.40. The van der Waals surface area contributed by atoms with Gasteiger partial charge in [-0.15, -0.1) is 0 Å². The van der Waals surface area contributed by atoms with E-state index in [-0.39, 0.29) is 22.2 Å². The Hall–Kier alpha value is -1.47. The van der Waals surface area contributed by atoms with Gasteiger partial charge in [0.05, 0.1) is 11.6 Å². The van der Waals surface area contributed by atoms with E-state index in [2.05, 4.69) is 6.07 Å². The minimum Gasteiger partial charge on any atom is -0.294 e. The standard InChI is InChI=1S/C16H17NO2S/c17-10-11-4-6-12(7-5-11)16(18)13-8-14-2-1-3-15(9-13)20(14)19/h4-7,13-15H,1-3,8-9H2.